The van der Waals surface area contributed by atoms with Crippen LogP contribution in [-0.2, 0) is 0 Å². The van der Waals surface area contributed by atoms with Crippen LogP contribution < -0.4 is 32.9 Å². The number of nitriles is 2. The molecule has 0 aliphatic carbocycles. The molecule has 0 N–H and O–H groups in total. The van der Waals surface area contributed by atoms with Crippen LogP contribution >= 0.6 is 0 Å². The SMILES string of the molecule is [C-]#[N+]C(=C1N=c2nc(F)c(F)nc2=N1)c1nc(C(C#N)=C2N=c3nc(F)c(F)nc3=N2)cc(C(C#N)=C2N=c3nc(F)c(F)nc3=N2)n1. The number of allylic oxidation sites excluding steroid dienone is 2. The van der Waals surface area contributed by atoms with Crippen molar-refractivity contribution in [3.63, 3.8) is 0 Å². The molecule has 0 saturated carbocycles. The van der Waals surface area contributed by atoms with E-state index >= 15 is 0 Å². The van der Waals surface area contributed by atoms with E-state index in [4.69, 9.17) is 6.57 Å². The topological polar surface area (TPSA) is 229 Å². The van der Waals surface area contributed by atoms with Crippen molar-refractivity contribution in [2.45, 2.75) is 0 Å². The minimum atomic E-state index is -1.60. The first kappa shape index (κ1) is 29.1. The summed E-state index contributed by atoms with van der Waals surface area (Å²) >= 11 is 0. The summed E-state index contributed by atoms with van der Waals surface area (Å²) in [6.45, 7) is 7.76. The molecule has 0 fully saturated rings. The van der Waals surface area contributed by atoms with Gasteiger partial charge in [0.2, 0.25) is 32.9 Å². The molecule has 0 radical (unpaired) electrons. The molecule has 0 aromatic carbocycles. The van der Waals surface area contributed by atoms with Gasteiger partial charge in [0.15, 0.2) is 23.3 Å². The van der Waals surface area contributed by atoms with Gasteiger partial charge in [-0.05, 0) is 6.07 Å². The van der Waals surface area contributed by atoms with Crippen molar-refractivity contribution in [3.05, 3.63) is 121 Å². The van der Waals surface area contributed by atoms with Gasteiger partial charge >= 0.3 is 0 Å². The standard InChI is InChI=1S/C25HF6N17/c1-34-9(19-47-24-25(48-19)42-15(31)14(30)41-24)18-35-7(5(3-32)16-43-20-21(44-16)38-11(27)10(26)37-20)2-8(36-18)6(4-33)17-45-22-23(46-17)40-13(29)12(28)39-22/h2H. The zero-order chi connectivity index (χ0) is 33.9. The second kappa shape index (κ2) is 10.8. The highest BCUT2D eigenvalue weighted by Gasteiger charge is 2.25. The smallest absolute Gasteiger partial charge is 0.239 e. The van der Waals surface area contributed by atoms with E-state index < -0.39 is 120 Å². The Labute approximate surface area is 256 Å². The van der Waals surface area contributed by atoms with Gasteiger partial charge in [-0.2, -0.15) is 66.8 Å². The van der Waals surface area contributed by atoms with E-state index in [0.717, 1.165) is 6.07 Å². The molecule has 0 spiro atoms. The lowest BCUT2D eigenvalue weighted by Crippen LogP contribution is -2.31. The number of halogens is 6. The molecule has 17 nitrogen and oxygen atoms in total. The Morgan fingerprint density at radius 2 is 0.792 bits per heavy atom. The molecule has 4 aromatic rings. The molecule has 0 amide bonds. The van der Waals surface area contributed by atoms with Crippen LogP contribution in [-0.4, -0.2) is 39.9 Å². The van der Waals surface area contributed by atoms with Crippen LogP contribution in [0.15, 0.2) is 53.5 Å². The minimum absolute atomic E-state index is 0.420. The van der Waals surface area contributed by atoms with Crippen LogP contribution in [0.1, 0.15) is 17.2 Å². The Hall–Kier alpha value is -7.61. The van der Waals surface area contributed by atoms with E-state index in [1.54, 1.807) is 12.1 Å². The average Bonchev–Trinajstić information content (AvgIpc) is 3.76. The van der Waals surface area contributed by atoms with Crippen molar-refractivity contribution in [3.8, 4) is 12.1 Å². The summed E-state index contributed by atoms with van der Waals surface area (Å²) in [6, 6.07) is 4.51. The van der Waals surface area contributed by atoms with Crippen molar-refractivity contribution >= 4 is 16.8 Å². The van der Waals surface area contributed by atoms with Gasteiger partial charge in [-0.3, -0.25) is 0 Å². The summed E-state index contributed by atoms with van der Waals surface area (Å²) in [5.41, 5.74) is -5.46. The average molecular weight is 653 g/mol. The number of nitrogens with zero attached hydrogens (tertiary/aromatic N) is 17. The van der Waals surface area contributed by atoms with Gasteiger partial charge in [0, 0.05) is 0 Å². The molecule has 0 atom stereocenters. The highest BCUT2D eigenvalue weighted by Crippen LogP contribution is 2.28. The fourth-order valence-corrected chi connectivity index (χ4v) is 4.04. The van der Waals surface area contributed by atoms with E-state index in [9.17, 15) is 36.9 Å². The molecular weight excluding hydrogens is 652 g/mol. The predicted octanol–water partition coefficient (Wildman–Crippen LogP) is -1.53. The minimum Gasteiger partial charge on any atom is -0.239 e. The van der Waals surface area contributed by atoms with E-state index in [2.05, 4.69) is 74.7 Å². The fourth-order valence-electron chi connectivity index (χ4n) is 4.04. The van der Waals surface area contributed by atoms with Gasteiger partial charge < -0.3 is 0 Å². The molecule has 3 aliphatic rings. The first-order valence-electron chi connectivity index (χ1n) is 12.4. The summed E-state index contributed by atoms with van der Waals surface area (Å²) in [7, 11) is 0. The van der Waals surface area contributed by atoms with Crippen molar-refractivity contribution < 1.29 is 26.3 Å². The lowest BCUT2D eigenvalue weighted by Gasteiger charge is -2.08. The maximum Gasteiger partial charge on any atom is 0.274 e. The third kappa shape index (κ3) is 4.74. The summed E-state index contributed by atoms with van der Waals surface area (Å²) in [6.07, 6.45) is 0. The Morgan fingerprint density at radius 3 is 1.06 bits per heavy atom. The number of hydrogen-bond acceptors (Lipinski definition) is 16. The number of rotatable bonds is 3. The van der Waals surface area contributed by atoms with E-state index in [1.807, 2.05) is 0 Å². The molecule has 48 heavy (non-hydrogen) atoms. The van der Waals surface area contributed by atoms with Gasteiger partial charge in [0.1, 0.15) is 23.3 Å². The molecule has 4 aromatic heterocycles. The third-order valence-corrected chi connectivity index (χ3v) is 6.05. The fraction of sp³-hybridized carbons (Fsp3) is 0. The van der Waals surface area contributed by atoms with Crippen molar-refractivity contribution in [2.75, 3.05) is 0 Å². The van der Waals surface area contributed by atoms with Crippen LogP contribution in [0.5, 0.6) is 0 Å². The normalized spacial score (nSPS) is 13.2. The molecule has 0 bridgehead atoms. The summed E-state index contributed by atoms with van der Waals surface area (Å²) in [5, 5.41) is 20.2. The van der Waals surface area contributed by atoms with Crippen LogP contribution in [0, 0.1) is 64.9 Å². The highest BCUT2D eigenvalue weighted by atomic mass is 19.2. The second-order valence-corrected chi connectivity index (χ2v) is 8.90. The lowest BCUT2D eigenvalue weighted by atomic mass is 10.1. The Morgan fingerprint density at radius 1 is 0.500 bits per heavy atom. The van der Waals surface area contributed by atoms with Crippen LogP contribution in [0.3, 0.4) is 0 Å². The summed E-state index contributed by atoms with van der Waals surface area (Å²) in [4.78, 5) is 54.6. The monoisotopic (exact) mass is 653 g/mol. The molecule has 228 valence electrons. The number of aromatic nitrogens is 8. The second-order valence-electron chi connectivity index (χ2n) is 8.90. The van der Waals surface area contributed by atoms with Gasteiger partial charge in [0.25, 0.3) is 41.4 Å². The van der Waals surface area contributed by atoms with E-state index in [1.165, 1.54) is 0 Å². The van der Waals surface area contributed by atoms with E-state index in [0.29, 0.717) is 0 Å². The zero-order valence-electron chi connectivity index (χ0n) is 22.4. The van der Waals surface area contributed by atoms with Crippen molar-refractivity contribution in [1.82, 2.24) is 39.9 Å². The van der Waals surface area contributed by atoms with Gasteiger partial charge in [-0.25, -0.2) is 44.8 Å². The Bertz CT molecular complexity index is 2400. The molecule has 0 unspecified atom stereocenters. The van der Waals surface area contributed by atoms with Crippen LogP contribution in [0.4, 0.5) is 26.3 Å². The van der Waals surface area contributed by atoms with Gasteiger partial charge in [0.05, 0.1) is 18.0 Å². The van der Waals surface area contributed by atoms with E-state index in [-0.39, 0.29) is 0 Å². The molecule has 7 heterocycles. The quantitative estimate of drug-likeness (QED) is 0.141. The maximum absolute atomic E-state index is 13.7. The molecule has 23 heteroatoms. The summed E-state index contributed by atoms with van der Waals surface area (Å²) in [5.74, 6) is -11.7. The van der Waals surface area contributed by atoms with Crippen molar-refractivity contribution in [1.29, 1.82) is 10.5 Å². The molecule has 7 rings (SSSR count). The third-order valence-electron chi connectivity index (χ3n) is 6.05. The molecule has 3 aliphatic heterocycles. The van der Waals surface area contributed by atoms with Crippen molar-refractivity contribution in [2.24, 2.45) is 30.0 Å². The number of fused-ring (bicyclic) bond motifs is 3. The molecular formula is C25HF6N17. The zero-order valence-corrected chi connectivity index (χ0v) is 22.4. The van der Waals surface area contributed by atoms with Gasteiger partial charge in [-0.15, -0.1) is 0 Å². The highest BCUT2D eigenvalue weighted by molar-refractivity contribution is 5.83. The predicted molar refractivity (Wildman–Crippen MR) is 133 cm³/mol. The van der Waals surface area contributed by atoms with Crippen LogP contribution in [0.25, 0.3) is 21.7 Å². The number of hydrogen-bond donors (Lipinski definition) is 0. The Balaban J connectivity index is 1.50. The maximum atomic E-state index is 13.7. The lowest BCUT2D eigenvalue weighted by molar-refractivity contribution is 0.443. The first-order valence-corrected chi connectivity index (χ1v) is 12.4. The first-order chi connectivity index (χ1) is 23.1. The largest absolute Gasteiger partial charge is 0.274 e. The van der Waals surface area contributed by atoms with Crippen LogP contribution in [0.2, 0.25) is 0 Å². The van der Waals surface area contributed by atoms with Gasteiger partial charge in [-0.1, -0.05) is 0 Å². The molecule has 0 saturated heterocycles. The Kier molecular flexibility index (Phi) is 6.54. The summed E-state index contributed by atoms with van der Waals surface area (Å²) < 4.78 is 82.1.